The minimum atomic E-state index is 0.507. The van der Waals surface area contributed by atoms with Gasteiger partial charge in [-0.05, 0) is 56.2 Å². The number of aromatic amines is 1. The first-order valence-electron chi connectivity index (χ1n) is 8.81. The first-order valence-corrected chi connectivity index (χ1v) is 8.81. The predicted octanol–water partition coefficient (Wildman–Crippen LogP) is 5.33. The van der Waals surface area contributed by atoms with E-state index >= 15 is 0 Å². The van der Waals surface area contributed by atoms with Crippen LogP contribution in [0.25, 0.3) is 0 Å². The van der Waals surface area contributed by atoms with Crippen LogP contribution in [-0.4, -0.2) is 16.8 Å². The van der Waals surface area contributed by atoms with Gasteiger partial charge in [0.1, 0.15) is 5.75 Å². The van der Waals surface area contributed by atoms with Crippen LogP contribution in [0.4, 0.5) is 0 Å². The topological polar surface area (TPSA) is 37.9 Å². The summed E-state index contributed by atoms with van der Waals surface area (Å²) in [5.74, 6) is 1.56. The van der Waals surface area contributed by atoms with Crippen LogP contribution in [0.5, 0.6) is 5.75 Å². The maximum atomic E-state index is 5.97. The number of benzene rings is 1. The minimum absolute atomic E-state index is 0.507. The molecule has 0 spiro atoms. The molecule has 126 valence electrons. The first kappa shape index (κ1) is 17.6. The highest BCUT2D eigenvalue weighted by Crippen LogP contribution is 2.26. The number of unbranched alkanes of at least 4 members (excludes halogenated alkanes) is 3. The summed E-state index contributed by atoms with van der Waals surface area (Å²) in [6.45, 7) is 9.42. The summed E-state index contributed by atoms with van der Waals surface area (Å²) in [6.07, 6.45) is 5.95. The Hall–Kier alpha value is -1.77. The van der Waals surface area contributed by atoms with Gasteiger partial charge in [0.25, 0.3) is 0 Å². The molecule has 1 aromatic carbocycles. The average molecular weight is 314 g/mol. The van der Waals surface area contributed by atoms with Crippen molar-refractivity contribution >= 4 is 0 Å². The highest BCUT2D eigenvalue weighted by atomic mass is 16.5. The zero-order chi connectivity index (χ0) is 16.7. The van der Waals surface area contributed by atoms with Gasteiger partial charge in [0, 0.05) is 5.69 Å². The Balaban J connectivity index is 1.63. The quantitative estimate of drug-likeness (QED) is 0.635. The van der Waals surface area contributed by atoms with Crippen molar-refractivity contribution in [3.05, 3.63) is 46.8 Å². The number of hydrogen-bond acceptors (Lipinski definition) is 2. The van der Waals surface area contributed by atoms with Crippen molar-refractivity contribution in [3.63, 3.8) is 0 Å². The van der Waals surface area contributed by atoms with Gasteiger partial charge < -0.3 is 4.74 Å². The van der Waals surface area contributed by atoms with Crippen LogP contribution in [0.3, 0.4) is 0 Å². The Kier molecular flexibility index (Phi) is 6.69. The molecule has 0 unspecified atom stereocenters. The summed E-state index contributed by atoms with van der Waals surface area (Å²) in [4.78, 5) is 0. The lowest BCUT2D eigenvalue weighted by Crippen LogP contribution is -2.01. The van der Waals surface area contributed by atoms with Crippen molar-refractivity contribution in [2.24, 2.45) is 0 Å². The number of aromatic nitrogens is 2. The van der Waals surface area contributed by atoms with Crippen LogP contribution < -0.4 is 4.74 Å². The van der Waals surface area contributed by atoms with Gasteiger partial charge in [-0.2, -0.15) is 5.10 Å². The number of H-pyrrole nitrogens is 1. The molecule has 0 fully saturated rings. The molecule has 3 nitrogen and oxygen atoms in total. The van der Waals surface area contributed by atoms with Gasteiger partial charge in [-0.1, -0.05) is 44.9 Å². The van der Waals surface area contributed by atoms with Crippen LogP contribution in [-0.2, 0) is 6.42 Å². The van der Waals surface area contributed by atoms with E-state index in [1.54, 1.807) is 0 Å². The van der Waals surface area contributed by atoms with E-state index in [0.717, 1.165) is 30.9 Å². The summed E-state index contributed by atoms with van der Waals surface area (Å²) in [7, 11) is 0. The molecule has 1 N–H and O–H groups in total. The van der Waals surface area contributed by atoms with Gasteiger partial charge in [0.2, 0.25) is 0 Å². The van der Waals surface area contributed by atoms with Crippen LogP contribution in [0.1, 0.15) is 68.0 Å². The molecule has 0 aliphatic heterocycles. The Labute approximate surface area is 140 Å². The minimum Gasteiger partial charge on any atom is -0.493 e. The van der Waals surface area contributed by atoms with Gasteiger partial charge >= 0.3 is 0 Å². The molecule has 0 amide bonds. The highest BCUT2D eigenvalue weighted by Gasteiger charge is 2.07. The predicted molar refractivity (Wildman–Crippen MR) is 96.3 cm³/mol. The van der Waals surface area contributed by atoms with E-state index in [1.807, 2.05) is 0 Å². The highest BCUT2D eigenvalue weighted by molar-refractivity contribution is 5.35. The van der Waals surface area contributed by atoms with E-state index in [9.17, 15) is 0 Å². The zero-order valence-electron chi connectivity index (χ0n) is 15.0. The second-order valence-corrected chi connectivity index (χ2v) is 6.62. The molecule has 1 heterocycles. The number of nitrogens with one attached hydrogen (secondary N) is 1. The molecular weight excluding hydrogens is 284 g/mol. The molecule has 0 radical (unpaired) electrons. The van der Waals surface area contributed by atoms with Gasteiger partial charge in [-0.15, -0.1) is 0 Å². The van der Waals surface area contributed by atoms with Crippen LogP contribution in [0.2, 0.25) is 0 Å². The average Bonchev–Trinajstić information content (AvgIpc) is 2.85. The summed E-state index contributed by atoms with van der Waals surface area (Å²) in [5, 5.41) is 7.32. The summed E-state index contributed by atoms with van der Waals surface area (Å²) >= 11 is 0. The standard InChI is InChI=1S/C20H30N2O/c1-15(2)18-11-8-9-13-20(18)23-14-10-6-5-7-12-19-16(3)21-22-17(19)4/h8-9,11,13,15H,5-7,10,12,14H2,1-4H3,(H,21,22). The van der Waals surface area contributed by atoms with E-state index in [-0.39, 0.29) is 0 Å². The van der Waals surface area contributed by atoms with Gasteiger partial charge in [0.15, 0.2) is 0 Å². The lowest BCUT2D eigenvalue weighted by atomic mass is 10.0. The maximum absolute atomic E-state index is 5.97. The van der Waals surface area contributed by atoms with Crippen molar-refractivity contribution in [2.75, 3.05) is 6.61 Å². The number of aryl methyl sites for hydroxylation is 2. The van der Waals surface area contributed by atoms with E-state index < -0.39 is 0 Å². The molecule has 2 aromatic rings. The van der Waals surface area contributed by atoms with Gasteiger partial charge in [-0.3, -0.25) is 5.10 Å². The number of rotatable bonds is 9. The Morgan fingerprint density at radius 2 is 1.78 bits per heavy atom. The summed E-state index contributed by atoms with van der Waals surface area (Å²) in [6, 6.07) is 8.38. The Morgan fingerprint density at radius 3 is 2.48 bits per heavy atom. The van der Waals surface area contributed by atoms with E-state index in [1.165, 1.54) is 36.1 Å². The molecule has 0 aliphatic rings. The number of hydrogen-bond donors (Lipinski definition) is 1. The van der Waals surface area contributed by atoms with Crippen molar-refractivity contribution in [3.8, 4) is 5.75 Å². The third kappa shape index (κ3) is 5.12. The maximum Gasteiger partial charge on any atom is 0.122 e. The Bertz CT molecular complexity index is 582. The normalized spacial score (nSPS) is 11.2. The van der Waals surface area contributed by atoms with E-state index in [0.29, 0.717) is 5.92 Å². The lowest BCUT2D eigenvalue weighted by Gasteiger charge is -2.13. The van der Waals surface area contributed by atoms with Crippen molar-refractivity contribution in [2.45, 2.75) is 65.7 Å². The van der Waals surface area contributed by atoms with Gasteiger partial charge in [-0.25, -0.2) is 0 Å². The monoisotopic (exact) mass is 314 g/mol. The fraction of sp³-hybridized carbons (Fsp3) is 0.550. The fourth-order valence-corrected chi connectivity index (χ4v) is 2.97. The van der Waals surface area contributed by atoms with Crippen molar-refractivity contribution in [1.82, 2.24) is 10.2 Å². The second-order valence-electron chi connectivity index (χ2n) is 6.62. The largest absolute Gasteiger partial charge is 0.493 e. The van der Waals surface area contributed by atoms with Crippen LogP contribution in [0, 0.1) is 13.8 Å². The summed E-state index contributed by atoms with van der Waals surface area (Å²) < 4.78 is 5.97. The number of nitrogens with zero attached hydrogens (tertiary/aromatic N) is 1. The first-order chi connectivity index (χ1) is 11.1. The fourth-order valence-electron chi connectivity index (χ4n) is 2.97. The third-order valence-corrected chi connectivity index (χ3v) is 4.40. The molecule has 0 aliphatic carbocycles. The second kappa shape index (κ2) is 8.76. The van der Waals surface area contributed by atoms with E-state index in [4.69, 9.17) is 4.74 Å². The van der Waals surface area contributed by atoms with Crippen molar-refractivity contribution < 1.29 is 4.74 Å². The molecule has 0 bridgehead atoms. The molecule has 3 heteroatoms. The molecule has 0 saturated carbocycles. The molecule has 0 atom stereocenters. The molecule has 1 aromatic heterocycles. The zero-order valence-corrected chi connectivity index (χ0v) is 15.0. The molecular formula is C20H30N2O. The Morgan fingerprint density at radius 1 is 1.04 bits per heavy atom. The van der Waals surface area contributed by atoms with Crippen LogP contribution in [0.15, 0.2) is 24.3 Å². The number of para-hydroxylation sites is 1. The number of ether oxygens (including phenoxy) is 1. The van der Waals surface area contributed by atoms with Gasteiger partial charge in [0.05, 0.1) is 12.3 Å². The lowest BCUT2D eigenvalue weighted by molar-refractivity contribution is 0.300. The third-order valence-electron chi connectivity index (χ3n) is 4.40. The van der Waals surface area contributed by atoms with E-state index in [2.05, 4.69) is 62.2 Å². The van der Waals surface area contributed by atoms with Crippen molar-refractivity contribution in [1.29, 1.82) is 0 Å². The summed E-state index contributed by atoms with van der Waals surface area (Å²) in [5.41, 5.74) is 5.07. The SMILES string of the molecule is Cc1n[nH]c(C)c1CCCCCCOc1ccccc1C(C)C. The molecule has 0 saturated heterocycles. The molecule has 2 rings (SSSR count). The molecule has 23 heavy (non-hydrogen) atoms. The smallest absolute Gasteiger partial charge is 0.122 e. The van der Waals surface area contributed by atoms with Crippen LogP contribution >= 0.6 is 0 Å².